The SMILES string of the molecule is CC[C@@H]1[C@@H](CO)CCN1C(=O)Cc1csc(-c2ccccn2)n1. The Labute approximate surface area is 140 Å². The first-order valence-electron chi connectivity index (χ1n) is 7.99. The van der Waals surface area contributed by atoms with Gasteiger partial charge in [0.15, 0.2) is 0 Å². The van der Waals surface area contributed by atoms with E-state index in [0.717, 1.165) is 35.8 Å². The van der Waals surface area contributed by atoms with Gasteiger partial charge in [-0.15, -0.1) is 11.3 Å². The molecule has 2 aromatic rings. The van der Waals surface area contributed by atoms with Crippen molar-refractivity contribution in [3.8, 4) is 10.7 Å². The lowest BCUT2D eigenvalue weighted by Gasteiger charge is -2.26. The van der Waals surface area contributed by atoms with Crippen LogP contribution in [0.3, 0.4) is 0 Å². The topological polar surface area (TPSA) is 66.3 Å². The number of pyridine rings is 1. The van der Waals surface area contributed by atoms with Crippen molar-refractivity contribution in [3.05, 3.63) is 35.5 Å². The molecule has 6 heteroatoms. The summed E-state index contributed by atoms with van der Waals surface area (Å²) >= 11 is 1.51. The van der Waals surface area contributed by atoms with E-state index in [1.165, 1.54) is 11.3 Å². The van der Waals surface area contributed by atoms with Gasteiger partial charge in [0.25, 0.3) is 0 Å². The van der Waals surface area contributed by atoms with E-state index in [9.17, 15) is 9.90 Å². The fourth-order valence-electron chi connectivity index (χ4n) is 3.25. The number of rotatable bonds is 5. The molecule has 122 valence electrons. The van der Waals surface area contributed by atoms with Crippen molar-refractivity contribution in [2.75, 3.05) is 13.2 Å². The van der Waals surface area contributed by atoms with E-state index < -0.39 is 0 Å². The zero-order chi connectivity index (χ0) is 16.2. The lowest BCUT2D eigenvalue weighted by Crippen LogP contribution is -2.39. The summed E-state index contributed by atoms with van der Waals surface area (Å²) in [4.78, 5) is 23.3. The van der Waals surface area contributed by atoms with E-state index in [2.05, 4.69) is 16.9 Å². The standard InChI is InChI=1S/C17H21N3O2S/c1-2-15-12(10-21)6-8-20(15)16(22)9-13-11-23-17(19-13)14-5-3-4-7-18-14/h3-5,7,11-12,15,21H,2,6,8-10H2,1H3/t12-,15-/m1/s1. The van der Waals surface area contributed by atoms with Gasteiger partial charge in [-0.25, -0.2) is 4.98 Å². The Morgan fingerprint density at radius 1 is 1.48 bits per heavy atom. The third kappa shape index (κ3) is 3.43. The number of carbonyl (C=O) groups is 1. The van der Waals surface area contributed by atoms with Crippen LogP contribution in [-0.2, 0) is 11.2 Å². The number of hydrogen-bond donors (Lipinski definition) is 1. The molecular formula is C17H21N3O2S. The van der Waals surface area contributed by atoms with E-state index >= 15 is 0 Å². The highest BCUT2D eigenvalue weighted by atomic mass is 32.1. The van der Waals surface area contributed by atoms with Gasteiger partial charge in [0, 0.05) is 36.7 Å². The van der Waals surface area contributed by atoms with Crippen molar-refractivity contribution < 1.29 is 9.90 Å². The molecule has 1 aliphatic heterocycles. The highest BCUT2D eigenvalue weighted by molar-refractivity contribution is 7.13. The molecule has 1 fully saturated rings. The van der Waals surface area contributed by atoms with Crippen molar-refractivity contribution in [3.63, 3.8) is 0 Å². The summed E-state index contributed by atoms with van der Waals surface area (Å²) in [6.45, 7) is 2.96. The first-order chi connectivity index (χ1) is 11.2. The molecule has 3 heterocycles. The van der Waals surface area contributed by atoms with E-state index in [1.54, 1.807) is 6.20 Å². The summed E-state index contributed by atoms with van der Waals surface area (Å²) in [5.74, 6) is 0.314. The highest BCUT2D eigenvalue weighted by Crippen LogP contribution is 2.28. The first-order valence-corrected chi connectivity index (χ1v) is 8.87. The number of likely N-dealkylation sites (tertiary alicyclic amines) is 1. The van der Waals surface area contributed by atoms with E-state index in [1.807, 2.05) is 28.5 Å². The second kappa shape index (κ2) is 7.19. The van der Waals surface area contributed by atoms with Gasteiger partial charge in [-0.1, -0.05) is 13.0 Å². The quantitative estimate of drug-likeness (QED) is 0.913. The second-order valence-electron chi connectivity index (χ2n) is 5.83. The molecule has 0 aliphatic carbocycles. The minimum atomic E-state index is 0.102. The van der Waals surface area contributed by atoms with Crippen molar-refractivity contribution in [1.29, 1.82) is 0 Å². The monoisotopic (exact) mass is 331 g/mol. The molecule has 0 spiro atoms. The molecule has 0 radical (unpaired) electrons. The normalized spacial score (nSPS) is 20.9. The predicted octanol–water partition coefficient (Wildman–Crippen LogP) is 2.37. The van der Waals surface area contributed by atoms with Crippen LogP contribution in [-0.4, -0.2) is 45.1 Å². The fourth-order valence-corrected chi connectivity index (χ4v) is 4.04. The van der Waals surface area contributed by atoms with Crippen LogP contribution in [0.2, 0.25) is 0 Å². The molecule has 23 heavy (non-hydrogen) atoms. The summed E-state index contributed by atoms with van der Waals surface area (Å²) in [6.07, 6.45) is 3.83. The van der Waals surface area contributed by atoms with Crippen LogP contribution in [0.1, 0.15) is 25.5 Å². The number of thiazole rings is 1. The number of nitrogens with zero attached hydrogens (tertiary/aromatic N) is 3. The molecule has 1 N–H and O–H groups in total. The fraction of sp³-hybridized carbons (Fsp3) is 0.471. The number of aromatic nitrogens is 2. The van der Waals surface area contributed by atoms with E-state index in [-0.39, 0.29) is 24.5 Å². The molecule has 0 bridgehead atoms. The highest BCUT2D eigenvalue weighted by Gasteiger charge is 2.35. The molecule has 2 atom stereocenters. The molecule has 1 amide bonds. The van der Waals surface area contributed by atoms with Gasteiger partial charge in [-0.3, -0.25) is 9.78 Å². The Balaban J connectivity index is 1.68. The Morgan fingerprint density at radius 3 is 3.04 bits per heavy atom. The van der Waals surface area contributed by atoms with Crippen molar-refractivity contribution >= 4 is 17.2 Å². The van der Waals surface area contributed by atoms with Gasteiger partial charge < -0.3 is 10.0 Å². The van der Waals surface area contributed by atoms with Crippen LogP contribution in [0.25, 0.3) is 10.7 Å². The zero-order valence-corrected chi connectivity index (χ0v) is 14.0. The minimum Gasteiger partial charge on any atom is -0.396 e. The molecule has 0 aromatic carbocycles. The summed E-state index contributed by atoms with van der Waals surface area (Å²) < 4.78 is 0. The van der Waals surface area contributed by atoms with Crippen LogP contribution >= 0.6 is 11.3 Å². The number of amides is 1. The Bertz CT molecular complexity index is 659. The maximum atomic E-state index is 12.6. The van der Waals surface area contributed by atoms with Gasteiger partial charge in [-0.05, 0) is 25.0 Å². The van der Waals surface area contributed by atoms with Crippen LogP contribution in [0.4, 0.5) is 0 Å². The van der Waals surface area contributed by atoms with Gasteiger partial charge in [0.2, 0.25) is 5.91 Å². The summed E-state index contributed by atoms with van der Waals surface area (Å²) in [7, 11) is 0. The van der Waals surface area contributed by atoms with Crippen LogP contribution in [0.5, 0.6) is 0 Å². The largest absolute Gasteiger partial charge is 0.396 e. The van der Waals surface area contributed by atoms with Gasteiger partial charge in [0.05, 0.1) is 17.8 Å². The number of hydrogen-bond acceptors (Lipinski definition) is 5. The van der Waals surface area contributed by atoms with Crippen LogP contribution < -0.4 is 0 Å². The second-order valence-corrected chi connectivity index (χ2v) is 6.69. The number of aliphatic hydroxyl groups excluding tert-OH is 1. The summed E-state index contributed by atoms with van der Waals surface area (Å²) in [6, 6.07) is 5.88. The predicted molar refractivity (Wildman–Crippen MR) is 90.0 cm³/mol. The third-order valence-corrected chi connectivity index (χ3v) is 5.34. The molecule has 3 rings (SSSR count). The van der Waals surface area contributed by atoms with Gasteiger partial charge >= 0.3 is 0 Å². The van der Waals surface area contributed by atoms with Crippen LogP contribution in [0, 0.1) is 5.92 Å². The molecule has 0 unspecified atom stereocenters. The van der Waals surface area contributed by atoms with Crippen molar-refractivity contribution in [1.82, 2.24) is 14.9 Å². The minimum absolute atomic E-state index is 0.102. The van der Waals surface area contributed by atoms with Gasteiger partial charge in [-0.2, -0.15) is 0 Å². The lowest BCUT2D eigenvalue weighted by molar-refractivity contribution is -0.131. The van der Waals surface area contributed by atoms with Crippen molar-refractivity contribution in [2.45, 2.75) is 32.2 Å². The maximum Gasteiger partial charge on any atom is 0.228 e. The molecule has 2 aromatic heterocycles. The number of aliphatic hydroxyl groups is 1. The average Bonchev–Trinajstić information content (AvgIpc) is 3.21. The summed E-state index contributed by atoms with van der Waals surface area (Å²) in [5, 5.41) is 12.2. The lowest BCUT2D eigenvalue weighted by atomic mass is 9.99. The van der Waals surface area contributed by atoms with Crippen molar-refractivity contribution in [2.24, 2.45) is 5.92 Å². The maximum absolute atomic E-state index is 12.6. The Morgan fingerprint density at radius 2 is 2.35 bits per heavy atom. The van der Waals surface area contributed by atoms with E-state index in [4.69, 9.17) is 0 Å². The van der Waals surface area contributed by atoms with Crippen LogP contribution in [0.15, 0.2) is 29.8 Å². The molecule has 5 nitrogen and oxygen atoms in total. The first kappa shape index (κ1) is 16.1. The zero-order valence-electron chi connectivity index (χ0n) is 13.2. The summed E-state index contributed by atoms with van der Waals surface area (Å²) in [5.41, 5.74) is 1.63. The molecular weight excluding hydrogens is 310 g/mol. The molecule has 1 aliphatic rings. The van der Waals surface area contributed by atoms with Gasteiger partial charge in [0.1, 0.15) is 5.01 Å². The third-order valence-electron chi connectivity index (χ3n) is 4.43. The Hall–Kier alpha value is -1.79. The van der Waals surface area contributed by atoms with E-state index in [0.29, 0.717) is 6.42 Å². The Kier molecular flexibility index (Phi) is 5.03. The average molecular weight is 331 g/mol. The molecule has 0 saturated carbocycles. The smallest absolute Gasteiger partial charge is 0.228 e. The molecule has 1 saturated heterocycles. The number of carbonyl (C=O) groups excluding carboxylic acids is 1.